The van der Waals surface area contributed by atoms with Crippen molar-refractivity contribution in [1.29, 1.82) is 0 Å². The molecule has 0 saturated carbocycles. The fourth-order valence-electron chi connectivity index (χ4n) is 0.878. The van der Waals surface area contributed by atoms with Crippen LogP contribution in [-0.2, 0) is 9.84 Å². The Morgan fingerprint density at radius 1 is 1.21 bits per heavy atom. The Balaban J connectivity index is 3.75. The van der Waals surface area contributed by atoms with Gasteiger partial charge in [0.15, 0.2) is 0 Å². The lowest BCUT2D eigenvalue weighted by Crippen LogP contribution is -2.29. The lowest BCUT2D eigenvalue weighted by Gasteiger charge is -2.28. The molecular weight excluding hydrogens is 176 g/mol. The standard InChI is InChI=1S/C12H25O2/c1-7-12(6,13)8-9-14-10(2)11(3,4)5/h10H,7-9H2,1-6H3. The molecule has 0 amide bonds. The van der Waals surface area contributed by atoms with Crippen molar-refractivity contribution in [3.8, 4) is 0 Å². The molecule has 1 radical (unpaired) electrons. The predicted octanol–water partition coefficient (Wildman–Crippen LogP) is 3.43. The highest BCUT2D eigenvalue weighted by Crippen LogP contribution is 2.23. The minimum absolute atomic E-state index is 0.158. The Kier molecular flexibility index (Phi) is 5.10. The molecule has 0 saturated heterocycles. The summed E-state index contributed by atoms with van der Waals surface area (Å²) >= 11 is 0. The van der Waals surface area contributed by atoms with Crippen LogP contribution in [0.25, 0.3) is 0 Å². The maximum Gasteiger partial charge on any atom is 0.103 e. The molecule has 0 aliphatic carbocycles. The molecule has 0 bridgehead atoms. The maximum absolute atomic E-state index is 11.6. The summed E-state index contributed by atoms with van der Waals surface area (Å²) in [6.07, 6.45) is 1.47. The first-order chi connectivity index (χ1) is 6.19. The van der Waals surface area contributed by atoms with Gasteiger partial charge in [0, 0.05) is 13.0 Å². The highest BCUT2D eigenvalue weighted by atomic mass is 16.5. The molecule has 0 aromatic rings. The number of rotatable bonds is 5. The van der Waals surface area contributed by atoms with Crippen LogP contribution >= 0.6 is 0 Å². The van der Waals surface area contributed by atoms with Crippen molar-refractivity contribution >= 4 is 0 Å². The first kappa shape index (κ1) is 13.9. The Morgan fingerprint density at radius 2 is 1.71 bits per heavy atom. The molecule has 0 heterocycles. The fraction of sp³-hybridized carbons (Fsp3) is 1.00. The molecule has 0 rings (SSSR count). The van der Waals surface area contributed by atoms with Crippen molar-refractivity contribution in [2.75, 3.05) is 6.61 Å². The van der Waals surface area contributed by atoms with Crippen LogP contribution in [0.2, 0.25) is 0 Å². The summed E-state index contributed by atoms with van der Waals surface area (Å²) in [5, 5.41) is 11.6. The third-order valence-corrected chi connectivity index (χ3v) is 2.97. The average molecular weight is 201 g/mol. The van der Waals surface area contributed by atoms with E-state index >= 15 is 0 Å². The van der Waals surface area contributed by atoms with Gasteiger partial charge in [-0.05, 0) is 25.7 Å². The lowest BCUT2D eigenvalue weighted by atomic mass is 9.90. The van der Waals surface area contributed by atoms with Gasteiger partial charge in [-0.2, -0.15) is 0 Å². The summed E-state index contributed by atoms with van der Waals surface area (Å²) in [4.78, 5) is 0. The Labute approximate surface area is 88.7 Å². The zero-order chi connectivity index (χ0) is 11.4. The van der Waals surface area contributed by atoms with Gasteiger partial charge >= 0.3 is 0 Å². The van der Waals surface area contributed by atoms with E-state index in [0.29, 0.717) is 19.4 Å². The number of ether oxygens (including phenoxy) is 1. The van der Waals surface area contributed by atoms with Crippen molar-refractivity contribution in [2.24, 2.45) is 5.41 Å². The molecular formula is C12H25O2. The quantitative estimate of drug-likeness (QED) is 0.670. The second-order valence-corrected chi connectivity index (χ2v) is 5.43. The van der Waals surface area contributed by atoms with Crippen LogP contribution in [0, 0.1) is 5.41 Å². The van der Waals surface area contributed by atoms with Crippen molar-refractivity contribution in [2.45, 2.75) is 66.1 Å². The fourth-order valence-corrected chi connectivity index (χ4v) is 0.878. The minimum Gasteiger partial charge on any atom is -0.378 e. The zero-order valence-corrected chi connectivity index (χ0v) is 10.5. The van der Waals surface area contributed by atoms with E-state index < -0.39 is 5.60 Å². The van der Waals surface area contributed by atoms with E-state index in [1.54, 1.807) is 6.92 Å². The number of hydrogen-bond donors (Lipinski definition) is 0. The molecule has 0 aromatic heterocycles. The molecule has 2 unspecified atom stereocenters. The topological polar surface area (TPSA) is 29.1 Å². The van der Waals surface area contributed by atoms with E-state index in [1.165, 1.54) is 0 Å². The van der Waals surface area contributed by atoms with E-state index in [4.69, 9.17) is 4.74 Å². The van der Waals surface area contributed by atoms with Gasteiger partial charge in [-0.15, -0.1) is 0 Å². The highest BCUT2D eigenvalue weighted by molar-refractivity contribution is 4.72. The third kappa shape index (κ3) is 5.61. The molecule has 0 spiro atoms. The van der Waals surface area contributed by atoms with Crippen LogP contribution in [-0.4, -0.2) is 18.3 Å². The van der Waals surface area contributed by atoms with Gasteiger partial charge in [-0.1, -0.05) is 27.7 Å². The Hall–Kier alpha value is -0.0800. The van der Waals surface area contributed by atoms with E-state index in [9.17, 15) is 5.11 Å². The molecule has 2 atom stereocenters. The summed E-state index contributed by atoms with van der Waals surface area (Å²) in [6, 6.07) is 0. The molecule has 0 aliphatic rings. The second kappa shape index (κ2) is 5.13. The maximum atomic E-state index is 11.6. The molecule has 2 heteroatoms. The zero-order valence-electron chi connectivity index (χ0n) is 10.5. The van der Waals surface area contributed by atoms with Gasteiger partial charge < -0.3 is 4.74 Å². The summed E-state index contributed by atoms with van der Waals surface area (Å²) < 4.78 is 5.64. The van der Waals surface area contributed by atoms with Crippen molar-refractivity contribution in [3.63, 3.8) is 0 Å². The van der Waals surface area contributed by atoms with Gasteiger partial charge in [-0.25, -0.2) is 5.11 Å². The average Bonchev–Trinajstić information content (AvgIpc) is 2.02. The van der Waals surface area contributed by atoms with Crippen molar-refractivity contribution < 1.29 is 9.84 Å². The van der Waals surface area contributed by atoms with Crippen LogP contribution in [0.15, 0.2) is 0 Å². The van der Waals surface area contributed by atoms with Crippen LogP contribution in [0.3, 0.4) is 0 Å². The van der Waals surface area contributed by atoms with Crippen LogP contribution in [0.4, 0.5) is 0 Å². The van der Waals surface area contributed by atoms with Crippen LogP contribution < -0.4 is 0 Å². The third-order valence-electron chi connectivity index (χ3n) is 2.97. The summed E-state index contributed by atoms with van der Waals surface area (Å²) in [6.45, 7) is 12.8. The van der Waals surface area contributed by atoms with Gasteiger partial charge in [0.25, 0.3) is 0 Å². The molecule has 0 aromatic carbocycles. The molecule has 0 aliphatic heterocycles. The first-order valence-corrected chi connectivity index (χ1v) is 5.51. The monoisotopic (exact) mass is 201 g/mol. The summed E-state index contributed by atoms with van der Waals surface area (Å²) in [5.74, 6) is 0. The SMILES string of the molecule is CCC(C)([O])CCOC(C)C(C)(C)C. The van der Waals surface area contributed by atoms with E-state index in [1.807, 2.05) is 6.92 Å². The van der Waals surface area contributed by atoms with Gasteiger partial charge in [0.05, 0.1) is 6.10 Å². The molecule has 0 fully saturated rings. The van der Waals surface area contributed by atoms with Gasteiger partial charge in [0.2, 0.25) is 0 Å². The molecule has 2 nitrogen and oxygen atoms in total. The Morgan fingerprint density at radius 3 is 2.07 bits per heavy atom. The lowest BCUT2D eigenvalue weighted by molar-refractivity contribution is -0.0680. The van der Waals surface area contributed by atoms with Crippen molar-refractivity contribution in [3.05, 3.63) is 0 Å². The van der Waals surface area contributed by atoms with E-state index in [-0.39, 0.29) is 11.5 Å². The highest BCUT2D eigenvalue weighted by Gasteiger charge is 2.23. The van der Waals surface area contributed by atoms with Gasteiger partial charge in [-0.3, -0.25) is 0 Å². The Bertz CT molecular complexity index is 156. The first-order valence-electron chi connectivity index (χ1n) is 5.51. The molecule has 14 heavy (non-hydrogen) atoms. The largest absolute Gasteiger partial charge is 0.378 e. The minimum atomic E-state index is -0.822. The van der Waals surface area contributed by atoms with Gasteiger partial charge in [0.1, 0.15) is 5.60 Å². The van der Waals surface area contributed by atoms with Crippen molar-refractivity contribution in [1.82, 2.24) is 0 Å². The van der Waals surface area contributed by atoms with Crippen LogP contribution in [0.1, 0.15) is 54.4 Å². The normalized spacial score (nSPS) is 19.1. The summed E-state index contributed by atoms with van der Waals surface area (Å²) in [5.41, 5.74) is -0.664. The van der Waals surface area contributed by atoms with Crippen LogP contribution in [0.5, 0.6) is 0 Å². The molecule has 85 valence electrons. The summed E-state index contributed by atoms with van der Waals surface area (Å²) in [7, 11) is 0. The van der Waals surface area contributed by atoms with E-state index in [2.05, 4.69) is 27.7 Å². The smallest absolute Gasteiger partial charge is 0.103 e. The number of hydrogen-bond acceptors (Lipinski definition) is 1. The van der Waals surface area contributed by atoms with E-state index in [0.717, 1.165) is 0 Å². The molecule has 0 N–H and O–H groups in total. The predicted molar refractivity (Wildman–Crippen MR) is 58.9 cm³/mol. The second-order valence-electron chi connectivity index (χ2n) is 5.43.